The number of hydrogen-bond donors (Lipinski definition) is 2. The Morgan fingerprint density at radius 1 is 0.737 bits per heavy atom. The van der Waals surface area contributed by atoms with E-state index in [2.05, 4.69) is 16.0 Å². The van der Waals surface area contributed by atoms with E-state index in [1.807, 2.05) is 36.7 Å². The van der Waals surface area contributed by atoms with Gasteiger partial charge in [-0.2, -0.15) is 0 Å². The quantitative estimate of drug-likeness (QED) is 0.500. The number of nitrogens with one attached hydrogen (secondary N) is 2. The number of fused-ring (bicyclic) bond motifs is 2. The second-order valence-electron chi connectivity index (χ2n) is 4.64. The standard InChI is InChI=1S/C16H11FN2/c17-10-5-6-12-14(9-19-16(12)7-10)13-8-18-15-4-2-1-3-11(13)15/h1-9,18-19H. The van der Waals surface area contributed by atoms with Gasteiger partial charge in [0, 0.05) is 45.3 Å². The smallest absolute Gasteiger partial charge is 0.125 e. The maximum Gasteiger partial charge on any atom is 0.125 e. The Hall–Kier alpha value is -2.55. The summed E-state index contributed by atoms with van der Waals surface area (Å²) < 4.78 is 13.2. The summed E-state index contributed by atoms with van der Waals surface area (Å²) in [6.07, 6.45) is 3.93. The van der Waals surface area contributed by atoms with Crippen LogP contribution in [-0.2, 0) is 0 Å². The van der Waals surface area contributed by atoms with E-state index in [9.17, 15) is 4.39 Å². The Balaban J connectivity index is 2.04. The third-order valence-electron chi connectivity index (χ3n) is 3.52. The average molecular weight is 250 g/mol. The van der Waals surface area contributed by atoms with Crippen molar-refractivity contribution in [1.82, 2.24) is 9.97 Å². The SMILES string of the molecule is Fc1ccc2c(-c3c[nH]c4ccccc34)c[nH]c2c1. The number of rotatable bonds is 1. The number of aromatic amines is 2. The first-order chi connectivity index (χ1) is 9.33. The van der Waals surface area contributed by atoms with Gasteiger partial charge in [-0.05, 0) is 24.3 Å². The van der Waals surface area contributed by atoms with Gasteiger partial charge in [-0.3, -0.25) is 0 Å². The molecule has 2 nitrogen and oxygen atoms in total. The highest BCUT2D eigenvalue weighted by molar-refractivity contribution is 6.04. The summed E-state index contributed by atoms with van der Waals surface area (Å²) in [5, 5.41) is 2.21. The average Bonchev–Trinajstić information content (AvgIpc) is 3.01. The molecule has 2 aromatic heterocycles. The molecule has 0 amide bonds. The minimum absolute atomic E-state index is 0.222. The molecule has 0 spiro atoms. The van der Waals surface area contributed by atoms with Crippen molar-refractivity contribution in [1.29, 1.82) is 0 Å². The van der Waals surface area contributed by atoms with Crippen LogP contribution in [0.1, 0.15) is 0 Å². The molecule has 2 heterocycles. The molecule has 0 aliphatic rings. The number of hydrogen-bond acceptors (Lipinski definition) is 0. The lowest BCUT2D eigenvalue weighted by atomic mass is 10.0. The zero-order valence-electron chi connectivity index (χ0n) is 10.1. The van der Waals surface area contributed by atoms with Crippen LogP contribution in [-0.4, -0.2) is 9.97 Å². The Morgan fingerprint density at radius 3 is 2.26 bits per heavy atom. The minimum atomic E-state index is -0.222. The lowest BCUT2D eigenvalue weighted by Crippen LogP contribution is -1.75. The van der Waals surface area contributed by atoms with Gasteiger partial charge >= 0.3 is 0 Å². The van der Waals surface area contributed by atoms with Gasteiger partial charge < -0.3 is 9.97 Å². The van der Waals surface area contributed by atoms with E-state index >= 15 is 0 Å². The molecule has 0 atom stereocenters. The van der Waals surface area contributed by atoms with Gasteiger partial charge in [-0.15, -0.1) is 0 Å². The van der Waals surface area contributed by atoms with Crippen LogP contribution in [0.2, 0.25) is 0 Å². The molecule has 0 saturated heterocycles. The van der Waals surface area contributed by atoms with Crippen LogP contribution < -0.4 is 0 Å². The lowest BCUT2D eigenvalue weighted by Gasteiger charge is -1.98. The molecule has 0 radical (unpaired) electrons. The monoisotopic (exact) mass is 250 g/mol. The van der Waals surface area contributed by atoms with Gasteiger partial charge in [-0.1, -0.05) is 18.2 Å². The third kappa shape index (κ3) is 1.48. The van der Waals surface area contributed by atoms with Crippen molar-refractivity contribution in [3.63, 3.8) is 0 Å². The molecule has 19 heavy (non-hydrogen) atoms. The fourth-order valence-corrected chi connectivity index (χ4v) is 2.62. The van der Waals surface area contributed by atoms with Crippen LogP contribution in [0.4, 0.5) is 4.39 Å². The summed E-state index contributed by atoms with van der Waals surface area (Å²) in [5.74, 6) is -0.222. The van der Waals surface area contributed by atoms with E-state index in [0.29, 0.717) is 0 Å². The van der Waals surface area contributed by atoms with Crippen LogP contribution in [0.15, 0.2) is 54.9 Å². The number of benzene rings is 2. The van der Waals surface area contributed by atoms with Crippen LogP contribution in [0.25, 0.3) is 32.9 Å². The first kappa shape index (κ1) is 10.4. The van der Waals surface area contributed by atoms with Crippen LogP contribution >= 0.6 is 0 Å². The molecule has 4 rings (SSSR count). The number of H-pyrrole nitrogens is 2. The van der Waals surface area contributed by atoms with Gasteiger partial charge in [0.25, 0.3) is 0 Å². The Labute approximate surface area is 108 Å². The summed E-state index contributed by atoms with van der Waals surface area (Å²) >= 11 is 0. The van der Waals surface area contributed by atoms with E-state index in [1.54, 1.807) is 0 Å². The summed E-state index contributed by atoms with van der Waals surface area (Å²) in [6, 6.07) is 13.0. The normalized spacial score (nSPS) is 11.4. The molecule has 0 saturated carbocycles. The molecule has 4 aromatic rings. The first-order valence-electron chi connectivity index (χ1n) is 6.16. The van der Waals surface area contributed by atoms with Crippen molar-refractivity contribution in [2.24, 2.45) is 0 Å². The zero-order valence-corrected chi connectivity index (χ0v) is 10.1. The maximum absolute atomic E-state index is 13.2. The van der Waals surface area contributed by atoms with E-state index in [-0.39, 0.29) is 5.82 Å². The Morgan fingerprint density at radius 2 is 1.42 bits per heavy atom. The number of para-hydroxylation sites is 1. The van der Waals surface area contributed by atoms with Crippen molar-refractivity contribution in [3.05, 3.63) is 60.7 Å². The van der Waals surface area contributed by atoms with E-state index < -0.39 is 0 Å². The van der Waals surface area contributed by atoms with Gasteiger partial charge in [-0.25, -0.2) is 4.39 Å². The first-order valence-corrected chi connectivity index (χ1v) is 6.16. The molecule has 0 aliphatic heterocycles. The second kappa shape index (κ2) is 3.72. The lowest BCUT2D eigenvalue weighted by molar-refractivity contribution is 0.629. The molecular formula is C16H11FN2. The summed E-state index contributed by atoms with van der Waals surface area (Å²) in [7, 11) is 0. The Kier molecular flexibility index (Phi) is 2.03. The predicted molar refractivity (Wildman–Crippen MR) is 75.5 cm³/mol. The highest BCUT2D eigenvalue weighted by Crippen LogP contribution is 2.33. The number of halogens is 1. The van der Waals surface area contributed by atoms with Crippen LogP contribution in [0, 0.1) is 5.82 Å². The van der Waals surface area contributed by atoms with Crippen molar-refractivity contribution >= 4 is 21.8 Å². The summed E-state index contributed by atoms with van der Waals surface area (Å²) in [4.78, 5) is 6.39. The molecule has 0 bridgehead atoms. The Bertz CT molecular complexity index is 886. The molecule has 2 aromatic carbocycles. The molecule has 92 valence electrons. The molecule has 0 fully saturated rings. The molecule has 0 unspecified atom stereocenters. The van der Waals surface area contributed by atoms with E-state index in [1.165, 1.54) is 17.5 Å². The van der Waals surface area contributed by atoms with Gasteiger partial charge in [0.15, 0.2) is 0 Å². The molecule has 2 N–H and O–H groups in total. The number of aromatic nitrogens is 2. The highest BCUT2D eigenvalue weighted by Gasteiger charge is 2.10. The molecular weight excluding hydrogens is 239 g/mol. The van der Waals surface area contributed by atoms with Crippen LogP contribution in [0.5, 0.6) is 0 Å². The van der Waals surface area contributed by atoms with Crippen molar-refractivity contribution in [2.75, 3.05) is 0 Å². The highest BCUT2D eigenvalue weighted by atomic mass is 19.1. The van der Waals surface area contributed by atoms with Gasteiger partial charge in [0.05, 0.1) is 0 Å². The van der Waals surface area contributed by atoms with Crippen LogP contribution in [0.3, 0.4) is 0 Å². The third-order valence-corrected chi connectivity index (χ3v) is 3.52. The molecule has 3 heteroatoms. The van der Waals surface area contributed by atoms with Crippen molar-refractivity contribution in [3.8, 4) is 11.1 Å². The van der Waals surface area contributed by atoms with E-state index in [0.717, 1.165) is 27.5 Å². The summed E-state index contributed by atoms with van der Waals surface area (Å²) in [6.45, 7) is 0. The van der Waals surface area contributed by atoms with Crippen molar-refractivity contribution in [2.45, 2.75) is 0 Å². The van der Waals surface area contributed by atoms with Crippen molar-refractivity contribution < 1.29 is 4.39 Å². The molecule has 0 aliphatic carbocycles. The largest absolute Gasteiger partial charge is 0.361 e. The topological polar surface area (TPSA) is 31.6 Å². The van der Waals surface area contributed by atoms with Gasteiger partial charge in [0.1, 0.15) is 5.82 Å². The van der Waals surface area contributed by atoms with E-state index in [4.69, 9.17) is 0 Å². The fourth-order valence-electron chi connectivity index (χ4n) is 2.62. The second-order valence-corrected chi connectivity index (χ2v) is 4.64. The van der Waals surface area contributed by atoms with Gasteiger partial charge in [0.2, 0.25) is 0 Å². The summed E-state index contributed by atoms with van der Waals surface area (Å²) in [5.41, 5.74) is 4.15. The minimum Gasteiger partial charge on any atom is -0.361 e. The fraction of sp³-hybridized carbons (Fsp3) is 0. The zero-order chi connectivity index (χ0) is 12.8. The maximum atomic E-state index is 13.2. The predicted octanol–water partition coefficient (Wildman–Crippen LogP) is 4.46.